The monoisotopic (exact) mass is 316 g/mol. The lowest BCUT2D eigenvalue weighted by Gasteiger charge is -2.15. The summed E-state index contributed by atoms with van der Waals surface area (Å²) in [4.78, 5) is 11.2. The van der Waals surface area contributed by atoms with Gasteiger partial charge in [-0.05, 0) is 45.1 Å². The van der Waals surface area contributed by atoms with E-state index in [-0.39, 0.29) is 5.97 Å². The molecule has 124 valence electrons. The second-order valence-corrected chi connectivity index (χ2v) is 7.42. The molecule has 4 nitrogen and oxygen atoms in total. The number of hydrogen-bond acceptors (Lipinski definition) is 4. The molecule has 0 N–H and O–H groups in total. The summed E-state index contributed by atoms with van der Waals surface area (Å²) >= 11 is 0. The highest BCUT2D eigenvalue weighted by molar-refractivity contribution is 6.42. The predicted octanol–water partition coefficient (Wildman–Crippen LogP) is 3.60. The molecule has 0 aliphatic rings. The van der Waals surface area contributed by atoms with Gasteiger partial charge in [0, 0.05) is 18.8 Å². The number of rotatable bonds is 13. The minimum Gasteiger partial charge on any atom is -0.462 e. The van der Waals surface area contributed by atoms with Gasteiger partial charge in [-0.3, -0.25) is 0 Å². The third kappa shape index (κ3) is 12.8. The maximum atomic E-state index is 11.2. The van der Waals surface area contributed by atoms with E-state index in [4.69, 9.17) is 13.6 Å². The molecule has 0 heterocycles. The summed E-state index contributed by atoms with van der Waals surface area (Å²) in [6.07, 6.45) is 5.23. The topological polar surface area (TPSA) is 44.8 Å². The highest BCUT2D eigenvalue weighted by Gasteiger charge is 2.08. The first-order valence-corrected chi connectivity index (χ1v) is 10.1. The first-order valence-electron chi connectivity index (χ1n) is 8.03. The van der Waals surface area contributed by atoms with Gasteiger partial charge in [0.05, 0.1) is 6.61 Å². The van der Waals surface area contributed by atoms with Gasteiger partial charge in [0.15, 0.2) is 0 Å². The van der Waals surface area contributed by atoms with Crippen molar-refractivity contribution in [2.24, 2.45) is 5.92 Å². The van der Waals surface area contributed by atoms with Crippen LogP contribution < -0.4 is 0 Å². The average molecular weight is 317 g/mol. The lowest BCUT2D eigenvalue weighted by Crippen LogP contribution is -2.20. The lowest BCUT2D eigenvalue weighted by atomic mass is 10.0. The molecule has 0 bridgehead atoms. The highest BCUT2D eigenvalue weighted by atomic mass is 28.3. The van der Waals surface area contributed by atoms with E-state index in [1.165, 1.54) is 0 Å². The van der Waals surface area contributed by atoms with Crippen molar-refractivity contribution in [3.63, 3.8) is 0 Å². The summed E-state index contributed by atoms with van der Waals surface area (Å²) in [5.41, 5.74) is 0.457. The lowest BCUT2D eigenvalue weighted by molar-refractivity contribution is -0.139. The van der Waals surface area contributed by atoms with Gasteiger partial charge in [-0.15, -0.1) is 0 Å². The van der Waals surface area contributed by atoms with Crippen molar-refractivity contribution >= 4 is 15.3 Å². The Hall–Kier alpha value is -0.653. The standard InChI is InChI=1S/C16H32O4Si/c1-6-7-12-19-21(5)20-13-10-15(4)9-8-11-18-16(17)14(2)3/h15,21H,2,6-13H2,1,3-5H3. The number of carbonyl (C=O) groups excluding carboxylic acids is 1. The Balaban J connectivity index is 3.47. The van der Waals surface area contributed by atoms with Crippen LogP contribution in [0.1, 0.15) is 52.9 Å². The first kappa shape index (κ1) is 20.3. The van der Waals surface area contributed by atoms with Gasteiger partial charge in [0.25, 0.3) is 0 Å². The largest absolute Gasteiger partial charge is 0.462 e. The molecule has 21 heavy (non-hydrogen) atoms. The Labute approximate surface area is 131 Å². The van der Waals surface area contributed by atoms with Crippen LogP contribution in [-0.4, -0.2) is 35.1 Å². The van der Waals surface area contributed by atoms with Crippen molar-refractivity contribution in [1.29, 1.82) is 0 Å². The van der Waals surface area contributed by atoms with E-state index in [0.717, 1.165) is 45.3 Å². The van der Waals surface area contributed by atoms with E-state index in [0.29, 0.717) is 18.1 Å². The zero-order valence-electron chi connectivity index (χ0n) is 14.2. The van der Waals surface area contributed by atoms with E-state index >= 15 is 0 Å². The zero-order valence-corrected chi connectivity index (χ0v) is 15.3. The van der Waals surface area contributed by atoms with Crippen LogP contribution in [-0.2, 0) is 18.4 Å². The van der Waals surface area contributed by atoms with Gasteiger partial charge >= 0.3 is 15.3 Å². The number of hydrogen-bond donors (Lipinski definition) is 0. The minimum atomic E-state index is -1.43. The highest BCUT2D eigenvalue weighted by Crippen LogP contribution is 2.11. The summed E-state index contributed by atoms with van der Waals surface area (Å²) in [5, 5.41) is 0. The molecular formula is C16H32O4Si. The van der Waals surface area contributed by atoms with Gasteiger partial charge < -0.3 is 13.6 Å². The van der Waals surface area contributed by atoms with E-state index < -0.39 is 9.28 Å². The molecule has 0 radical (unpaired) electrons. The van der Waals surface area contributed by atoms with E-state index in [1.54, 1.807) is 6.92 Å². The Kier molecular flexibility index (Phi) is 12.6. The fourth-order valence-electron chi connectivity index (χ4n) is 1.74. The summed E-state index contributed by atoms with van der Waals surface area (Å²) in [6, 6.07) is 0. The van der Waals surface area contributed by atoms with Gasteiger partial charge in [-0.25, -0.2) is 4.79 Å². The quantitative estimate of drug-likeness (QED) is 0.225. The summed E-state index contributed by atoms with van der Waals surface area (Å²) < 4.78 is 16.5. The van der Waals surface area contributed by atoms with Crippen LogP contribution in [0, 0.1) is 5.92 Å². The van der Waals surface area contributed by atoms with Gasteiger partial charge in [-0.2, -0.15) is 0 Å². The molecule has 2 unspecified atom stereocenters. The molecule has 0 aromatic carbocycles. The fourth-order valence-corrected chi connectivity index (χ4v) is 2.80. The van der Waals surface area contributed by atoms with Crippen LogP contribution in [0.15, 0.2) is 12.2 Å². The van der Waals surface area contributed by atoms with Crippen molar-refractivity contribution in [2.45, 2.75) is 59.4 Å². The summed E-state index contributed by atoms with van der Waals surface area (Å²) in [7, 11) is -1.43. The fraction of sp³-hybridized carbons (Fsp3) is 0.812. The molecule has 0 fully saturated rings. The smallest absolute Gasteiger partial charge is 0.333 e. The van der Waals surface area contributed by atoms with Crippen LogP contribution in [0.5, 0.6) is 0 Å². The average Bonchev–Trinajstić information content (AvgIpc) is 2.43. The summed E-state index contributed by atoms with van der Waals surface area (Å²) in [5.74, 6) is 0.278. The van der Waals surface area contributed by atoms with Crippen molar-refractivity contribution in [2.75, 3.05) is 19.8 Å². The Morgan fingerprint density at radius 1 is 1.14 bits per heavy atom. The van der Waals surface area contributed by atoms with Gasteiger partial charge in [0.2, 0.25) is 0 Å². The molecule has 0 spiro atoms. The molecule has 2 atom stereocenters. The van der Waals surface area contributed by atoms with Crippen molar-refractivity contribution in [3.8, 4) is 0 Å². The molecular weight excluding hydrogens is 284 g/mol. The maximum Gasteiger partial charge on any atom is 0.333 e. The van der Waals surface area contributed by atoms with Crippen molar-refractivity contribution in [3.05, 3.63) is 12.2 Å². The van der Waals surface area contributed by atoms with Crippen LogP contribution in [0.3, 0.4) is 0 Å². The number of unbranched alkanes of at least 4 members (excludes halogenated alkanes) is 1. The maximum absolute atomic E-state index is 11.2. The Morgan fingerprint density at radius 2 is 1.81 bits per heavy atom. The number of carbonyl (C=O) groups is 1. The zero-order chi connectivity index (χ0) is 16.1. The molecule has 0 rings (SSSR count). The predicted molar refractivity (Wildman–Crippen MR) is 88.6 cm³/mol. The van der Waals surface area contributed by atoms with E-state index in [9.17, 15) is 4.79 Å². The molecule has 0 aliphatic heterocycles. The van der Waals surface area contributed by atoms with Crippen molar-refractivity contribution in [1.82, 2.24) is 0 Å². The third-order valence-corrected chi connectivity index (χ3v) is 4.65. The first-order chi connectivity index (χ1) is 9.97. The van der Waals surface area contributed by atoms with Crippen LogP contribution in [0.2, 0.25) is 6.55 Å². The Bertz CT molecular complexity index is 294. The van der Waals surface area contributed by atoms with Crippen LogP contribution >= 0.6 is 0 Å². The number of ether oxygens (including phenoxy) is 1. The second-order valence-electron chi connectivity index (χ2n) is 5.62. The minimum absolute atomic E-state index is 0.296. The second kappa shape index (κ2) is 13.0. The van der Waals surface area contributed by atoms with Crippen molar-refractivity contribution < 1.29 is 18.4 Å². The van der Waals surface area contributed by atoms with Gasteiger partial charge in [0.1, 0.15) is 0 Å². The molecule has 0 saturated carbocycles. The summed E-state index contributed by atoms with van der Waals surface area (Å²) in [6.45, 7) is 13.7. The third-order valence-electron chi connectivity index (χ3n) is 3.24. The van der Waals surface area contributed by atoms with E-state index in [1.807, 2.05) is 0 Å². The molecule has 0 aromatic heterocycles. The molecule has 0 saturated heterocycles. The SMILES string of the molecule is C=C(C)C(=O)OCCCC(C)CCO[SiH](C)OCCCC. The van der Waals surface area contributed by atoms with E-state index in [2.05, 4.69) is 27.0 Å². The van der Waals surface area contributed by atoms with Gasteiger partial charge in [-0.1, -0.05) is 26.8 Å². The molecule has 5 heteroatoms. The normalized spacial score (nSPS) is 13.7. The van der Waals surface area contributed by atoms with Crippen LogP contribution in [0.4, 0.5) is 0 Å². The van der Waals surface area contributed by atoms with Crippen LogP contribution in [0.25, 0.3) is 0 Å². The Morgan fingerprint density at radius 3 is 2.43 bits per heavy atom. The number of esters is 1. The molecule has 0 amide bonds. The molecule has 0 aliphatic carbocycles. The molecule has 0 aromatic rings.